The predicted octanol–water partition coefficient (Wildman–Crippen LogP) is 1.53. The number of thioether (sulfide) groups is 1. The summed E-state index contributed by atoms with van der Waals surface area (Å²) in [7, 11) is 0. The number of fused-ring (bicyclic) bond motifs is 1. The molecule has 0 spiro atoms. The standard InChI is InChI=1S/C14H21NO2S/c16-10-13(17)11-18-9-8-15-7-3-5-12-4-1-2-6-14(12)15/h1-2,4,6,13,16-17H,3,5,7-11H2/t13-/m1/s1. The number of benzene rings is 1. The van der Waals surface area contributed by atoms with Crippen LogP contribution in [0.1, 0.15) is 12.0 Å². The molecule has 0 bridgehead atoms. The van der Waals surface area contributed by atoms with Gasteiger partial charge < -0.3 is 15.1 Å². The minimum atomic E-state index is -0.580. The van der Waals surface area contributed by atoms with Crippen molar-refractivity contribution in [2.45, 2.75) is 18.9 Å². The van der Waals surface area contributed by atoms with Crippen LogP contribution in [0.25, 0.3) is 0 Å². The largest absolute Gasteiger partial charge is 0.394 e. The number of nitrogens with zero attached hydrogens (tertiary/aromatic N) is 1. The fraction of sp³-hybridized carbons (Fsp3) is 0.571. The van der Waals surface area contributed by atoms with E-state index in [1.807, 2.05) is 0 Å². The molecule has 2 rings (SSSR count). The van der Waals surface area contributed by atoms with Crippen molar-refractivity contribution in [3.05, 3.63) is 29.8 Å². The Kier molecular flexibility index (Phi) is 5.35. The first-order valence-corrected chi connectivity index (χ1v) is 7.66. The van der Waals surface area contributed by atoms with Crippen LogP contribution in [0, 0.1) is 0 Å². The fourth-order valence-corrected chi connectivity index (χ4v) is 3.18. The quantitative estimate of drug-likeness (QED) is 0.767. The zero-order chi connectivity index (χ0) is 12.8. The number of aliphatic hydroxyl groups is 2. The Morgan fingerprint density at radius 3 is 3.00 bits per heavy atom. The van der Waals surface area contributed by atoms with Gasteiger partial charge in [-0.25, -0.2) is 0 Å². The number of aliphatic hydroxyl groups excluding tert-OH is 2. The minimum Gasteiger partial charge on any atom is -0.394 e. The summed E-state index contributed by atoms with van der Waals surface area (Å²) in [5, 5.41) is 18.0. The summed E-state index contributed by atoms with van der Waals surface area (Å²) in [5.41, 5.74) is 2.82. The number of rotatable bonds is 6. The van der Waals surface area contributed by atoms with Crippen LogP contribution in [0.4, 0.5) is 5.69 Å². The summed E-state index contributed by atoms with van der Waals surface area (Å²) >= 11 is 1.70. The summed E-state index contributed by atoms with van der Waals surface area (Å²) < 4.78 is 0. The molecule has 3 nitrogen and oxygen atoms in total. The van der Waals surface area contributed by atoms with Gasteiger partial charge in [-0.2, -0.15) is 11.8 Å². The molecule has 0 unspecified atom stereocenters. The number of hydrogen-bond acceptors (Lipinski definition) is 4. The Labute approximate surface area is 113 Å². The molecule has 2 N–H and O–H groups in total. The lowest BCUT2D eigenvalue weighted by Crippen LogP contribution is -2.31. The minimum absolute atomic E-state index is 0.139. The van der Waals surface area contributed by atoms with Gasteiger partial charge in [0.2, 0.25) is 0 Å². The van der Waals surface area contributed by atoms with E-state index in [1.165, 1.54) is 24.1 Å². The van der Waals surface area contributed by atoms with Crippen molar-refractivity contribution in [3.8, 4) is 0 Å². The zero-order valence-corrected chi connectivity index (χ0v) is 11.4. The van der Waals surface area contributed by atoms with Crippen LogP contribution < -0.4 is 4.90 Å². The molecular formula is C14H21NO2S. The van der Waals surface area contributed by atoms with Crippen molar-refractivity contribution in [3.63, 3.8) is 0 Å². The summed E-state index contributed by atoms with van der Waals surface area (Å²) in [6, 6.07) is 8.61. The van der Waals surface area contributed by atoms with Crippen molar-refractivity contribution < 1.29 is 10.2 Å². The number of anilines is 1. The Balaban J connectivity index is 1.81. The molecule has 4 heteroatoms. The van der Waals surface area contributed by atoms with Crippen molar-refractivity contribution in [2.24, 2.45) is 0 Å². The summed E-state index contributed by atoms with van der Waals surface area (Å²) in [6.45, 7) is 2.00. The molecule has 100 valence electrons. The van der Waals surface area contributed by atoms with E-state index in [0.29, 0.717) is 5.75 Å². The SMILES string of the molecule is OC[C@@H](O)CSCCN1CCCc2ccccc21. The van der Waals surface area contributed by atoms with Crippen LogP contribution in [-0.2, 0) is 6.42 Å². The molecular weight excluding hydrogens is 246 g/mol. The molecule has 0 saturated carbocycles. The van der Waals surface area contributed by atoms with E-state index >= 15 is 0 Å². The van der Waals surface area contributed by atoms with E-state index < -0.39 is 6.10 Å². The van der Waals surface area contributed by atoms with E-state index in [-0.39, 0.29) is 6.61 Å². The first-order valence-electron chi connectivity index (χ1n) is 6.51. The Morgan fingerprint density at radius 2 is 2.17 bits per heavy atom. The lowest BCUT2D eigenvalue weighted by molar-refractivity contribution is 0.113. The second-order valence-electron chi connectivity index (χ2n) is 4.63. The van der Waals surface area contributed by atoms with Crippen molar-refractivity contribution in [2.75, 3.05) is 36.1 Å². The van der Waals surface area contributed by atoms with Crippen LogP contribution in [0.15, 0.2) is 24.3 Å². The van der Waals surface area contributed by atoms with Crippen molar-refractivity contribution in [1.82, 2.24) is 0 Å². The monoisotopic (exact) mass is 267 g/mol. The van der Waals surface area contributed by atoms with Crippen LogP contribution in [-0.4, -0.2) is 47.5 Å². The zero-order valence-electron chi connectivity index (χ0n) is 10.6. The molecule has 1 heterocycles. The van der Waals surface area contributed by atoms with Gasteiger partial charge in [-0.3, -0.25) is 0 Å². The van der Waals surface area contributed by atoms with Gasteiger partial charge in [-0.1, -0.05) is 18.2 Å². The van der Waals surface area contributed by atoms with Crippen molar-refractivity contribution >= 4 is 17.4 Å². The third kappa shape index (κ3) is 3.64. The topological polar surface area (TPSA) is 43.7 Å². The fourth-order valence-electron chi connectivity index (χ4n) is 2.29. The van der Waals surface area contributed by atoms with E-state index in [9.17, 15) is 5.11 Å². The lowest BCUT2D eigenvalue weighted by atomic mass is 10.0. The summed E-state index contributed by atoms with van der Waals surface area (Å²) in [6.07, 6.45) is 1.83. The summed E-state index contributed by atoms with van der Waals surface area (Å²) in [4.78, 5) is 2.43. The molecule has 0 saturated heterocycles. The Bertz CT molecular complexity index is 373. The van der Waals surface area contributed by atoms with Gasteiger partial charge in [0.25, 0.3) is 0 Å². The van der Waals surface area contributed by atoms with E-state index in [4.69, 9.17) is 5.11 Å². The lowest BCUT2D eigenvalue weighted by Gasteiger charge is -2.31. The highest BCUT2D eigenvalue weighted by Gasteiger charge is 2.15. The molecule has 0 aliphatic carbocycles. The van der Waals surface area contributed by atoms with Crippen molar-refractivity contribution in [1.29, 1.82) is 0 Å². The predicted molar refractivity (Wildman–Crippen MR) is 77.4 cm³/mol. The van der Waals surface area contributed by atoms with Gasteiger partial charge in [0.15, 0.2) is 0 Å². The molecule has 1 atom stereocenters. The van der Waals surface area contributed by atoms with E-state index in [0.717, 1.165) is 18.8 Å². The molecule has 1 aromatic carbocycles. The number of para-hydroxylation sites is 1. The maximum absolute atomic E-state index is 9.27. The molecule has 0 amide bonds. The van der Waals surface area contributed by atoms with Crippen LogP contribution in [0.2, 0.25) is 0 Å². The van der Waals surface area contributed by atoms with E-state index in [2.05, 4.69) is 29.2 Å². The average Bonchev–Trinajstić information content (AvgIpc) is 2.43. The molecule has 1 aromatic rings. The van der Waals surface area contributed by atoms with Gasteiger partial charge in [0, 0.05) is 30.3 Å². The van der Waals surface area contributed by atoms with Crippen LogP contribution >= 0.6 is 11.8 Å². The highest BCUT2D eigenvalue weighted by atomic mass is 32.2. The van der Waals surface area contributed by atoms with E-state index in [1.54, 1.807) is 11.8 Å². The second kappa shape index (κ2) is 7.02. The van der Waals surface area contributed by atoms with Gasteiger partial charge in [-0.15, -0.1) is 0 Å². The maximum Gasteiger partial charge on any atom is 0.0861 e. The van der Waals surface area contributed by atoms with Gasteiger partial charge in [-0.05, 0) is 24.5 Å². The molecule has 1 aliphatic heterocycles. The van der Waals surface area contributed by atoms with Gasteiger partial charge in [0.1, 0.15) is 0 Å². The van der Waals surface area contributed by atoms with Gasteiger partial charge in [0.05, 0.1) is 12.7 Å². The van der Waals surface area contributed by atoms with Gasteiger partial charge >= 0.3 is 0 Å². The maximum atomic E-state index is 9.27. The molecule has 18 heavy (non-hydrogen) atoms. The Morgan fingerprint density at radius 1 is 1.33 bits per heavy atom. The first-order chi connectivity index (χ1) is 8.81. The summed E-state index contributed by atoms with van der Waals surface area (Å²) in [5.74, 6) is 1.61. The van der Waals surface area contributed by atoms with Crippen LogP contribution in [0.3, 0.4) is 0 Å². The molecule has 0 aromatic heterocycles. The number of hydrogen-bond donors (Lipinski definition) is 2. The third-order valence-electron chi connectivity index (χ3n) is 3.23. The third-order valence-corrected chi connectivity index (χ3v) is 4.32. The normalized spacial score (nSPS) is 16.4. The molecule has 1 aliphatic rings. The molecule has 0 radical (unpaired) electrons. The first kappa shape index (κ1) is 13.7. The average molecular weight is 267 g/mol. The second-order valence-corrected chi connectivity index (χ2v) is 5.78. The number of aryl methyl sites for hydroxylation is 1. The highest BCUT2D eigenvalue weighted by Crippen LogP contribution is 2.26. The highest BCUT2D eigenvalue weighted by molar-refractivity contribution is 7.99. The Hall–Kier alpha value is -0.710. The smallest absolute Gasteiger partial charge is 0.0861 e. The van der Waals surface area contributed by atoms with Crippen LogP contribution in [0.5, 0.6) is 0 Å². The molecule has 0 fully saturated rings.